The summed E-state index contributed by atoms with van der Waals surface area (Å²) in [6.07, 6.45) is 1.23. The van der Waals surface area contributed by atoms with Crippen molar-refractivity contribution in [1.82, 2.24) is 5.32 Å². The fraction of sp³-hybridized carbons (Fsp3) is 0.545. The molecule has 17 heavy (non-hydrogen) atoms. The van der Waals surface area contributed by atoms with Crippen LogP contribution in [0.3, 0.4) is 0 Å². The summed E-state index contributed by atoms with van der Waals surface area (Å²) in [5.41, 5.74) is -0.960. The zero-order valence-corrected chi connectivity index (χ0v) is 9.35. The maximum absolute atomic E-state index is 11.6. The third-order valence-electron chi connectivity index (χ3n) is 3.91. The first-order valence-corrected chi connectivity index (χ1v) is 5.32. The van der Waals surface area contributed by atoms with Crippen molar-refractivity contribution in [3.05, 3.63) is 11.8 Å². The molecular formula is C11H11NO5. The van der Waals surface area contributed by atoms with E-state index in [0.717, 1.165) is 0 Å². The van der Waals surface area contributed by atoms with E-state index in [1.54, 1.807) is 6.92 Å². The molecule has 6 nitrogen and oxygen atoms in total. The number of methoxy groups -OCH3 is 1. The SMILES string of the molecule is COC1=CC(=O)O[C@]2(C)C3C(=O)NC(=O)C3C12. The number of hydrogen-bond acceptors (Lipinski definition) is 5. The molecule has 0 aromatic carbocycles. The molecule has 0 bridgehead atoms. The molecule has 1 aliphatic carbocycles. The Morgan fingerprint density at radius 2 is 2.00 bits per heavy atom. The molecule has 3 aliphatic rings. The molecule has 1 N–H and O–H groups in total. The zero-order chi connectivity index (χ0) is 12.4. The predicted octanol–water partition coefficient (Wildman–Crippen LogP) is -0.649. The number of nitrogens with one attached hydrogen (secondary N) is 1. The van der Waals surface area contributed by atoms with Gasteiger partial charge < -0.3 is 9.47 Å². The molecule has 90 valence electrons. The van der Waals surface area contributed by atoms with Gasteiger partial charge in [-0.15, -0.1) is 0 Å². The largest absolute Gasteiger partial charge is 0.500 e. The number of ether oxygens (including phenoxy) is 2. The third kappa shape index (κ3) is 1.02. The molecule has 1 saturated heterocycles. The van der Waals surface area contributed by atoms with Crippen molar-refractivity contribution in [2.45, 2.75) is 12.5 Å². The van der Waals surface area contributed by atoms with Crippen LogP contribution in [0.15, 0.2) is 11.8 Å². The molecule has 3 unspecified atom stereocenters. The molecule has 0 aromatic heterocycles. The molecular weight excluding hydrogens is 226 g/mol. The Bertz CT molecular complexity index is 482. The summed E-state index contributed by atoms with van der Waals surface area (Å²) in [5, 5.41) is 2.27. The second kappa shape index (κ2) is 2.88. The topological polar surface area (TPSA) is 81.7 Å². The standard InChI is InChI=1S/C11H11NO5/c1-11-7(4(16-2)3-5(13)17-11)6-8(11)10(15)12-9(6)14/h3,6-8H,1-2H3,(H,12,14,15)/t6?,7?,8?,11-/m0/s1. The summed E-state index contributed by atoms with van der Waals surface area (Å²) in [6.45, 7) is 1.67. The Kier molecular flexibility index (Phi) is 1.75. The first-order chi connectivity index (χ1) is 7.99. The van der Waals surface area contributed by atoms with Gasteiger partial charge in [-0.3, -0.25) is 14.9 Å². The summed E-state index contributed by atoms with van der Waals surface area (Å²) in [7, 11) is 1.44. The normalized spacial score (nSPS) is 42.8. The molecule has 0 radical (unpaired) electrons. The minimum atomic E-state index is -0.960. The van der Waals surface area contributed by atoms with E-state index in [9.17, 15) is 14.4 Å². The van der Waals surface area contributed by atoms with Gasteiger partial charge in [-0.2, -0.15) is 0 Å². The van der Waals surface area contributed by atoms with Gasteiger partial charge in [0.25, 0.3) is 0 Å². The van der Waals surface area contributed by atoms with Gasteiger partial charge in [0.15, 0.2) is 0 Å². The van der Waals surface area contributed by atoms with Gasteiger partial charge in [-0.1, -0.05) is 0 Å². The van der Waals surface area contributed by atoms with E-state index in [-0.39, 0.29) is 17.7 Å². The van der Waals surface area contributed by atoms with Gasteiger partial charge in [-0.05, 0) is 6.92 Å². The van der Waals surface area contributed by atoms with Crippen molar-refractivity contribution >= 4 is 17.8 Å². The van der Waals surface area contributed by atoms with Gasteiger partial charge in [0, 0.05) is 0 Å². The highest BCUT2D eigenvalue weighted by atomic mass is 16.6. The summed E-state index contributed by atoms with van der Waals surface area (Å²) >= 11 is 0. The van der Waals surface area contributed by atoms with Crippen molar-refractivity contribution in [3.63, 3.8) is 0 Å². The fourth-order valence-corrected chi connectivity index (χ4v) is 3.21. The second-order valence-electron chi connectivity index (χ2n) is 4.69. The van der Waals surface area contributed by atoms with Crippen LogP contribution in [-0.2, 0) is 23.9 Å². The van der Waals surface area contributed by atoms with Crippen LogP contribution in [0, 0.1) is 17.8 Å². The third-order valence-corrected chi connectivity index (χ3v) is 3.91. The highest BCUT2D eigenvalue weighted by Gasteiger charge is 2.73. The smallest absolute Gasteiger partial charge is 0.334 e. The number of imide groups is 1. The number of carbonyl (C=O) groups is 3. The Labute approximate surface area is 96.9 Å². The van der Waals surface area contributed by atoms with Crippen molar-refractivity contribution in [2.75, 3.05) is 7.11 Å². The quantitative estimate of drug-likeness (QED) is 0.484. The number of rotatable bonds is 1. The van der Waals surface area contributed by atoms with Crippen LogP contribution in [0.4, 0.5) is 0 Å². The number of fused-ring (bicyclic) bond motifs is 4. The predicted molar refractivity (Wildman–Crippen MR) is 53.2 cm³/mol. The first kappa shape index (κ1) is 10.3. The minimum absolute atomic E-state index is 0.316. The van der Waals surface area contributed by atoms with Crippen molar-refractivity contribution < 1.29 is 23.9 Å². The monoisotopic (exact) mass is 237 g/mol. The zero-order valence-electron chi connectivity index (χ0n) is 9.35. The molecule has 2 fully saturated rings. The maximum Gasteiger partial charge on any atom is 0.334 e. The van der Waals surface area contributed by atoms with Crippen molar-refractivity contribution in [1.29, 1.82) is 0 Å². The summed E-state index contributed by atoms with van der Waals surface area (Å²) in [4.78, 5) is 34.7. The van der Waals surface area contributed by atoms with E-state index in [1.807, 2.05) is 0 Å². The lowest BCUT2D eigenvalue weighted by molar-refractivity contribution is -0.211. The van der Waals surface area contributed by atoms with E-state index in [1.165, 1.54) is 13.2 Å². The van der Waals surface area contributed by atoms with Crippen LogP contribution in [-0.4, -0.2) is 30.5 Å². The molecule has 1 saturated carbocycles. The van der Waals surface area contributed by atoms with Crippen molar-refractivity contribution in [3.8, 4) is 0 Å². The Morgan fingerprint density at radius 3 is 2.65 bits per heavy atom. The highest BCUT2D eigenvalue weighted by Crippen LogP contribution is 2.58. The molecule has 0 spiro atoms. The Hall–Kier alpha value is -1.85. The molecule has 3 rings (SSSR count). The van der Waals surface area contributed by atoms with Gasteiger partial charge in [0.2, 0.25) is 11.8 Å². The van der Waals surface area contributed by atoms with Crippen LogP contribution < -0.4 is 5.32 Å². The molecule has 2 amide bonds. The maximum atomic E-state index is 11.6. The Balaban J connectivity index is 2.07. The number of carbonyl (C=O) groups excluding carboxylic acids is 3. The van der Waals surface area contributed by atoms with Crippen LogP contribution in [0.25, 0.3) is 0 Å². The van der Waals surface area contributed by atoms with E-state index in [0.29, 0.717) is 5.76 Å². The van der Waals surface area contributed by atoms with Crippen LogP contribution >= 0.6 is 0 Å². The average molecular weight is 237 g/mol. The molecule has 4 atom stereocenters. The van der Waals surface area contributed by atoms with E-state index >= 15 is 0 Å². The van der Waals surface area contributed by atoms with Gasteiger partial charge in [0.1, 0.15) is 11.4 Å². The van der Waals surface area contributed by atoms with Crippen LogP contribution in [0.1, 0.15) is 6.92 Å². The Morgan fingerprint density at radius 1 is 1.29 bits per heavy atom. The van der Waals surface area contributed by atoms with Crippen LogP contribution in [0.2, 0.25) is 0 Å². The van der Waals surface area contributed by atoms with Crippen LogP contribution in [0.5, 0.6) is 0 Å². The fourth-order valence-electron chi connectivity index (χ4n) is 3.21. The summed E-state index contributed by atoms with van der Waals surface area (Å²) < 4.78 is 10.4. The van der Waals surface area contributed by atoms with E-state index < -0.39 is 23.4 Å². The number of esters is 1. The van der Waals surface area contributed by atoms with Gasteiger partial charge in [-0.25, -0.2) is 4.79 Å². The first-order valence-electron chi connectivity index (χ1n) is 5.32. The van der Waals surface area contributed by atoms with Gasteiger partial charge >= 0.3 is 5.97 Å². The lowest BCUT2D eigenvalue weighted by Gasteiger charge is -2.54. The number of amides is 2. The van der Waals surface area contributed by atoms with E-state index in [4.69, 9.17) is 9.47 Å². The van der Waals surface area contributed by atoms with Crippen molar-refractivity contribution in [2.24, 2.45) is 17.8 Å². The minimum Gasteiger partial charge on any atom is -0.500 e. The van der Waals surface area contributed by atoms with Gasteiger partial charge in [0.05, 0.1) is 30.9 Å². The molecule has 2 aliphatic heterocycles. The highest BCUT2D eigenvalue weighted by molar-refractivity contribution is 6.08. The number of hydrogen-bond donors (Lipinski definition) is 1. The summed E-state index contributed by atoms with van der Waals surface area (Å²) in [5.74, 6) is -2.25. The molecule has 6 heteroatoms. The molecule has 0 aromatic rings. The lowest BCUT2D eigenvalue weighted by atomic mass is 9.53. The average Bonchev–Trinajstić information content (AvgIpc) is 2.48. The van der Waals surface area contributed by atoms with E-state index in [2.05, 4.69) is 5.32 Å². The molecule has 2 heterocycles. The lowest BCUT2D eigenvalue weighted by Crippen LogP contribution is -2.66. The summed E-state index contributed by atoms with van der Waals surface area (Å²) in [6, 6.07) is 0. The second-order valence-corrected chi connectivity index (χ2v) is 4.69.